The van der Waals surface area contributed by atoms with Crippen LogP contribution in [0.3, 0.4) is 0 Å². The lowest BCUT2D eigenvalue weighted by Gasteiger charge is -2.13. The Morgan fingerprint density at radius 3 is 2.50 bits per heavy atom. The lowest BCUT2D eigenvalue weighted by molar-refractivity contribution is -0.384. The number of non-ortho nitro benzene ring substituents is 1. The van der Waals surface area contributed by atoms with Crippen molar-refractivity contribution in [3.05, 3.63) is 63.7 Å². The van der Waals surface area contributed by atoms with Crippen molar-refractivity contribution in [2.45, 2.75) is 13.8 Å². The van der Waals surface area contributed by atoms with Gasteiger partial charge in [-0.3, -0.25) is 14.9 Å². The predicted octanol–water partition coefficient (Wildman–Crippen LogP) is 3.46. The van der Waals surface area contributed by atoms with Crippen LogP contribution in [-0.4, -0.2) is 30.0 Å². The molecule has 2 rings (SSSR count). The zero-order chi connectivity index (χ0) is 19.1. The maximum Gasteiger partial charge on any atom is 0.338 e. The van der Waals surface area contributed by atoms with E-state index in [1.807, 2.05) is 6.92 Å². The number of hydrogen-bond donors (Lipinski definition) is 2. The molecule has 2 aromatic carbocycles. The number of carbonyl (C=O) groups is 2. The average Bonchev–Trinajstić information content (AvgIpc) is 2.63. The Morgan fingerprint density at radius 1 is 1.08 bits per heavy atom. The highest BCUT2D eigenvalue weighted by atomic mass is 16.6. The molecule has 0 saturated heterocycles. The fourth-order valence-corrected chi connectivity index (χ4v) is 2.29. The fourth-order valence-electron chi connectivity index (χ4n) is 2.29. The van der Waals surface area contributed by atoms with Crippen molar-refractivity contribution in [3.8, 4) is 0 Å². The molecule has 0 aliphatic carbocycles. The van der Waals surface area contributed by atoms with E-state index in [-0.39, 0.29) is 17.9 Å². The van der Waals surface area contributed by atoms with Crippen LogP contribution in [0.4, 0.5) is 17.1 Å². The highest BCUT2D eigenvalue weighted by Gasteiger charge is 2.15. The van der Waals surface area contributed by atoms with Gasteiger partial charge >= 0.3 is 5.97 Å². The molecule has 0 heterocycles. The van der Waals surface area contributed by atoms with E-state index in [0.717, 1.165) is 0 Å². The molecule has 8 nitrogen and oxygen atoms in total. The number of nitro groups is 1. The number of nitrogens with one attached hydrogen (secondary N) is 2. The summed E-state index contributed by atoms with van der Waals surface area (Å²) < 4.78 is 4.97. The first-order chi connectivity index (χ1) is 12.5. The van der Waals surface area contributed by atoms with Gasteiger partial charge in [-0.1, -0.05) is 6.07 Å². The molecule has 2 N–H and O–H groups in total. The zero-order valence-corrected chi connectivity index (χ0v) is 14.4. The molecule has 0 atom stereocenters. The van der Waals surface area contributed by atoms with Gasteiger partial charge in [0, 0.05) is 24.2 Å². The summed E-state index contributed by atoms with van der Waals surface area (Å²) in [5.74, 6) is -1.02. The van der Waals surface area contributed by atoms with Gasteiger partial charge in [-0.15, -0.1) is 0 Å². The number of benzene rings is 2. The van der Waals surface area contributed by atoms with Gasteiger partial charge in [0.05, 0.1) is 28.5 Å². The third-order valence-electron chi connectivity index (χ3n) is 3.47. The lowest BCUT2D eigenvalue weighted by atomic mass is 10.1. The summed E-state index contributed by atoms with van der Waals surface area (Å²) in [6, 6.07) is 10.2. The van der Waals surface area contributed by atoms with Crippen LogP contribution in [-0.2, 0) is 4.74 Å². The first kappa shape index (κ1) is 18.9. The second kappa shape index (κ2) is 8.61. The van der Waals surface area contributed by atoms with E-state index in [9.17, 15) is 19.7 Å². The molecule has 26 heavy (non-hydrogen) atoms. The standard InChI is InChI=1S/C18H19N3O5/c1-3-19-15-9-8-13(18(23)26-4-2)11-16(15)20-17(22)12-6-5-7-14(10-12)21(24)25/h5-11,19H,3-4H2,1-2H3,(H,20,22). The SMILES string of the molecule is CCNc1ccc(C(=O)OCC)cc1NC(=O)c1cccc([N+](=O)[O-])c1. The number of nitrogens with zero attached hydrogens (tertiary/aromatic N) is 1. The Kier molecular flexibility index (Phi) is 6.26. The van der Waals surface area contributed by atoms with Gasteiger partial charge in [-0.25, -0.2) is 4.79 Å². The first-order valence-corrected chi connectivity index (χ1v) is 8.07. The largest absolute Gasteiger partial charge is 0.462 e. The van der Waals surface area contributed by atoms with E-state index >= 15 is 0 Å². The van der Waals surface area contributed by atoms with Crippen molar-refractivity contribution in [2.75, 3.05) is 23.8 Å². The Labute approximate surface area is 150 Å². The van der Waals surface area contributed by atoms with E-state index in [1.165, 1.54) is 30.3 Å². The molecule has 1 amide bonds. The van der Waals surface area contributed by atoms with Crippen LogP contribution in [0.25, 0.3) is 0 Å². The van der Waals surface area contributed by atoms with Crippen LogP contribution in [0.15, 0.2) is 42.5 Å². The molecule has 8 heteroatoms. The second-order valence-electron chi connectivity index (χ2n) is 5.27. The van der Waals surface area contributed by atoms with E-state index in [0.29, 0.717) is 23.5 Å². The summed E-state index contributed by atoms with van der Waals surface area (Å²) in [5.41, 5.74) is 1.27. The summed E-state index contributed by atoms with van der Waals surface area (Å²) in [6.07, 6.45) is 0. The highest BCUT2D eigenvalue weighted by Crippen LogP contribution is 2.25. The number of esters is 1. The van der Waals surface area contributed by atoms with Gasteiger partial charge in [-0.05, 0) is 38.1 Å². The van der Waals surface area contributed by atoms with Crippen LogP contribution >= 0.6 is 0 Å². The molecule has 0 unspecified atom stereocenters. The predicted molar refractivity (Wildman–Crippen MR) is 97.6 cm³/mol. The molecule has 0 aliphatic rings. The van der Waals surface area contributed by atoms with Crippen molar-refractivity contribution in [2.24, 2.45) is 0 Å². The van der Waals surface area contributed by atoms with Crippen molar-refractivity contribution in [1.29, 1.82) is 0 Å². The minimum absolute atomic E-state index is 0.142. The Hall–Kier alpha value is -3.42. The van der Waals surface area contributed by atoms with Crippen LogP contribution in [0.2, 0.25) is 0 Å². The fraction of sp³-hybridized carbons (Fsp3) is 0.222. The van der Waals surface area contributed by atoms with Crippen LogP contribution in [0, 0.1) is 10.1 Å². The topological polar surface area (TPSA) is 111 Å². The maximum atomic E-state index is 12.5. The van der Waals surface area contributed by atoms with Crippen molar-refractivity contribution in [3.63, 3.8) is 0 Å². The molecular weight excluding hydrogens is 338 g/mol. The van der Waals surface area contributed by atoms with E-state index in [2.05, 4.69) is 10.6 Å². The average molecular weight is 357 g/mol. The molecule has 0 aliphatic heterocycles. The van der Waals surface area contributed by atoms with Gasteiger partial charge in [0.1, 0.15) is 0 Å². The summed E-state index contributed by atoms with van der Waals surface area (Å²) >= 11 is 0. The van der Waals surface area contributed by atoms with Crippen LogP contribution in [0.5, 0.6) is 0 Å². The maximum absolute atomic E-state index is 12.5. The number of amides is 1. The number of anilines is 2. The van der Waals surface area contributed by atoms with Crippen LogP contribution < -0.4 is 10.6 Å². The molecular formula is C18H19N3O5. The number of carbonyl (C=O) groups excluding carboxylic acids is 2. The molecule has 0 saturated carbocycles. The summed E-state index contributed by atoms with van der Waals surface area (Å²) in [5, 5.41) is 16.6. The molecule has 0 aromatic heterocycles. The third kappa shape index (κ3) is 4.56. The molecule has 0 fully saturated rings. The van der Waals surface area contributed by atoms with Gasteiger partial charge in [0.15, 0.2) is 0 Å². The van der Waals surface area contributed by atoms with Crippen molar-refractivity contribution in [1.82, 2.24) is 0 Å². The Bertz CT molecular complexity index is 835. The summed E-state index contributed by atoms with van der Waals surface area (Å²) in [4.78, 5) is 34.7. The first-order valence-electron chi connectivity index (χ1n) is 8.07. The second-order valence-corrected chi connectivity index (χ2v) is 5.27. The van der Waals surface area contributed by atoms with Gasteiger partial charge < -0.3 is 15.4 Å². The minimum atomic E-state index is -0.567. The number of rotatable bonds is 7. The number of ether oxygens (including phenoxy) is 1. The van der Waals surface area contributed by atoms with Crippen molar-refractivity contribution < 1.29 is 19.2 Å². The minimum Gasteiger partial charge on any atom is -0.462 e. The zero-order valence-electron chi connectivity index (χ0n) is 14.4. The van der Waals surface area contributed by atoms with E-state index < -0.39 is 16.8 Å². The number of hydrogen-bond acceptors (Lipinski definition) is 6. The lowest BCUT2D eigenvalue weighted by Crippen LogP contribution is -2.15. The number of nitro benzene ring substituents is 1. The van der Waals surface area contributed by atoms with E-state index in [4.69, 9.17) is 4.74 Å². The smallest absolute Gasteiger partial charge is 0.338 e. The monoisotopic (exact) mass is 357 g/mol. The van der Waals surface area contributed by atoms with Gasteiger partial charge in [-0.2, -0.15) is 0 Å². The summed E-state index contributed by atoms with van der Waals surface area (Å²) in [6.45, 7) is 4.45. The molecule has 0 radical (unpaired) electrons. The highest BCUT2D eigenvalue weighted by molar-refractivity contribution is 6.07. The van der Waals surface area contributed by atoms with Gasteiger partial charge in [0.25, 0.3) is 11.6 Å². The van der Waals surface area contributed by atoms with Gasteiger partial charge in [0.2, 0.25) is 0 Å². The van der Waals surface area contributed by atoms with E-state index in [1.54, 1.807) is 19.1 Å². The quantitative estimate of drug-likeness (QED) is 0.446. The molecule has 136 valence electrons. The van der Waals surface area contributed by atoms with Crippen LogP contribution in [0.1, 0.15) is 34.6 Å². The molecule has 0 spiro atoms. The Balaban J connectivity index is 2.32. The summed E-state index contributed by atoms with van der Waals surface area (Å²) in [7, 11) is 0. The Morgan fingerprint density at radius 2 is 1.85 bits per heavy atom. The normalized spacial score (nSPS) is 10.1. The van der Waals surface area contributed by atoms with Crippen molar-refractivity contribution >= 4 is 28.9 Å². The third-order valence-corrected chi connectivity index (χ3v) is 3.47. The molecule has 0 bridgehead atoms. The molecule has 2 aromatic rings.